The number of hydrogen-bond acceptors (Lipinski definition) is 5. The van der Waals surface area contributed by atoms with E-state index in [1.807, 2.05) is 18.4 Å². The van der Waals surface area contributed by atoms with Gasteiger partial charge in [0.25, 0.3) is 5.91 Å². The maximum atomic E-state index is 13.0. The third kappa shape index (κ3) is 5.41. The number of thiazole rings is 1. The van der Waals surface area contributed by atoms with E-state index in [1.165, 1.54) is 11.3 Å². The van der Waals surface area contributed by atoms with Gasteiger partial charge in [-0.2, -0.15) is 0 Å². The van der Waals surface area contributed by atoms with E-state index < -0.39 is 0 Å². The highest BCUT2D eigenvalue weighted by molar-refractivity contribution is 7.07. The molecular weight excluding hydrogens is 431 g/mol. The highest BCUT2D eigenvalue weighted by Gasteiger charge is 2.18. The van der Waals surface area contributed by atoms with E-state index in [-0.39, 0.29) is 5.91 Å². The molecular formula is C21H20Cl2N2O3S. The summed E-state index contributed by atoms with van der Waals surface area (Å²) in [5.41, 5.74) is 4.02. The minimum Gasteiger partial charge on any atom is -0.493 e. The number of benzene rings is 2. The Bertz CT molecular complexity index is 980. The SMILES string of the molecule is CCN(Cc1ccc(Cl)c(Cl)c1)C(=O)c1ccc(OCc2cscn2)c(OC)c1. The van der Waals surface area contributed by atoms with Gasteiger partial charge in [-0.05, 0) is 42.8 Å². The number of halogens is 2. The molecule has 29 heavy (non-hydrogen) atoms. The smallest absolute Gasteiger partial charge is 0.254 e. The van der Waals surface area contributed by atoms with E-state index in [1.54, 1.807) is 47.9 Å². The molecule has 0 saturated carbocycles. The number of rotatable bonds is 8. The van der Waals surface area contributed by atoms with E-state index in [2.05, 4.69) is 4.98 Å². The molecule has 2 aromatic carbocycles. The minimum absolute atomic E-state index is 0.108. The molecule has 0 N–H and O–H groups in total. The maximum absolute atomic E-state index is 13.0. The van der Waals surface area contributed by atoms with E-state index in [0.29, 0.717) is 46.8 Å². The Balaban J connectivity index is 1.74. The normalized spacial score (nSPS) is 10.6. The summed E-state index contributed by atoms with van der Waals surface area (Å²) in [6, 6.07) is 10.5. The van der Waals surface area contributed by atoms with Crippen LogP contribution in [-0.2, 0) is 13.2 Å². The molecule has 0 atom stereocenters. The van der Waals surface area contributed by atoms with Gasteiger partial charge in [0.05, 0.1) is 28.4 Å². The van der Waals surface area contributed by atoms with Crippen LogP contribution in [0, 0.1) is 0 Å². The lowest BCUT2D eigenvalue weighted by Crippen LogP contribution is -2.30. The Morgan fingerprint density at radius 1 is 1.14 bits per heavy atom. The summed E-state index contributed by atoms with van der Waals surface area (Å²) in [6.45, 7) is 3.24. The van der Waals surface area contributed by atoms with Crippen molar-refractivity contribution >= 4 is 40.4 Å². The van der Waals surface area contributed by atoms with Crippen molar-refractivity contribution in [1.29, 1.82) is 0 Å². The first-order chi connectivity index (χ1) is 14.0. The van der Waals surface area contributed by atoms with Gasteiger partial charge in [-0.3, -0.25) is 4.79 Å². The number of nitrogens with zero attached hydrogens (tertiary/aromatic N) is 2. The van der Waals surface area contributed by atoms with Gasteiger partial charge in [0.15, 0.2) is 11.5 Å². The van der Waals surface area contributed by atoms with Crippen molar-refractivity contribution in [2.45, 2.75) is 20.1 Å². The number of ether oxygens (including phenoxy) is 2. The van der Waals surface area contributed by atoms with Crippen LogP contribution in [0.15, 0.2) is 47.3 Å². The first kappa shape index (κ1) is 21.4. The number of hydrogen-bond donors (Lipinski definition) is 0. The maximum Gasteiger partial charge on any atom is 0.254 e. The largest absolute Gasteiger partial charge is 0.493 e. The van der Waals surface area contributed by atoms with Gasteiger partial charge < -0.3 is 14.4 Å². The average Bonchev–Trinajstić information content (AvgIpc) is 3.26. The van der Waals surface area contributed by atoms with Crippen LogP contribution in [0.3, 0.4) is 0 Å². The van der Waals surface area contributed by atoms with Gasteiger partial charge in [-0.25, -0.2) is 4.98 Å². The number of carbonyl (C=O) groups is 1. The van der Waals surface area contributed by atoms with Crippen molar-refractivity contribution < 1.29 is 14.3 Å². The van der Waals surface area contributed by atoms with Gasteiger partial charge in [-0.15, -0.1) is 11.3 Å². The zero-order valence-electron chi connectivity index (χ0n) is 16.0. The highest BCUT2D eigenvalue weighted by Crippen LogP contribution is 2.30. The fourth-order valence-electron chi connectivity index (χ4n) is 2.75. The van der Waals surface area contributed by atoms with Crippen molar-refractivity contribution in [1.82, 2.24) is 9.88 Å². The molecule has 0 fully saturated rings. The zero-order chi connectivity index (χ0) is 20.8. The Hall–Kier alpha value is -2.28. The summed E-state index contributed by atoms with van der Waals surface area (Å²) in [6.07, 6.45) is 0. The summed E-state index contributed by atoms with van der Waals surface area (Å²) in [4.78, 5) is 18.9. The topological polar surface area (TPSA) is 51.7 Å². The molecule has 8 heteroatoms. The van der Waals surface area contributed by atoms with Gasteiger partial charge in [0.2, 0.25) is 0 Å². The average molecular weight is 451 g/mol. The van der Waals surface area contributed by atoms with E-state index in [9.17, 15) is 4.79 Å². The van der Waals surface area contributed by atoms with E-state index in [4.69, 9.17) is 32.7 Å². The molecule has 1 heterocycles. The van der Waals surface area contributed by atoms with Gasteiger partial charge in [0.1, 0.15) is 6.61 Å². The lowest BCUT2D eigenvalue weighted by Gasteiger charge is -2.22. The molecule has 0 aliphatic carbocycles. The molecule has 3 aromatic rings. The van der Waals surface area contributed by atoms with Crippen LogP contribution >= 0.6 is 34.5 Å². The number of amides is 1. The lowest BCUT2D eigenvalue weighted by molar-refractivity contribution is 0.0752. The molecule has 0 aliphatic heterocycles. The monoisotopic (exact) mass is 450 g/mol. The van der Waals surface area contributed by atoms with E-state index in [0.717, 1.165) is 11.3 Å². The van der Waals surface area contributed by atoms with Crippen molar-refractivity contribution in [2.24, 2.45) is 0 Å². The molecule has 1 amide bonds. The Kier molecular flexibility index (Phi) is 7.36. The van der Waals surface area contributed by atoms with Crippen LogP contribution < -0.4 is 9.47 Å². The first-order valence-corrected chi connectivity index (χ1v) is 10.6. The minimum atomic E-state index is -0.108. The standard InChI is InChI=1S/C21H20Cl2N2O3S/c1-3-25(10-14-4-6-17(22)18(23)8-14)21(26)15-5-7-19(20(9-15)27-2)28-11-16-12-29-13-24-16/h4-9,12-13H,3,10-11H2,1-2H3. The van der Waals surface area contributed by atoms with Gasteiger partial charge in [0, 0.05) is 24.0 Å². The zero-order valence-corrected chi connectivity index (χ0v) is 18.4. The summed E-state index contributed by atoms with van der Waals surface area (Å²) in [5, 5.41) is 2.88. The van der Waals surface area contributed by atoms with Crippen molar-refractivity contribution in [3.8, 4) is 11.5 Å². The lowest BCUT2D eigenvalue weighted by atomic mass is 10.1. The van der Waals surface area contributed by atoms with Crippen molar-refractivity contribution in [2.75, 3.05) is 13.7 Å². The third-order valence-electron chi connectivity index (χ3n) is 4.30. The van der Waals surface area contributed by atoms with Gasteiger partial charge >= 0.3 is 0 Å². The molecule has 0 aliphatic rings. The van der Waals surface area contributed by atoms with Crippen LogP contribution in [-0.4, -0.2) is 29.4 Å². The number of aromatic nitrogens is 1. The van der Waals surface area contributed by atoms with Gasteiger partial charge in [-0.1, -0.05) is 29.3 Å². The van der Waals surface area contributed by atoms with E-state index >= 15 is 0 Å². The number of carbonyl (C=O) groups excluding carboxylic acids is 1. The molecule has 3 rings (SSSR count). The molecule has 0 radical (unpaired) electrons. The molecule has 1 aromatic heterocycles. The van der Waals surface area contributed by atoms with Crippen LogP contribution in [0.2, 0.25) is 10.0 Å². The first-order valence-electron chi connectivity index (χ1n) is 8.93. The summed E-state index contributed by atoms with van der Waals surface area (Å²) >= 11 is 13.6. The van der Waals surface area contributed by atoms with Crippen LogP contribution in [0.4, 0.5) is 0 Å². The fraction of sp³-hybridized carbons (Fsp3) is 0.238. The van der Waals surface area contributed by atoms with Crippen molar-refractivity contribution in [3.05, 3.63) is 74.2 Å². The predicted octanol–water partition coefficient (Wildman–Crippen LogP) is 5.70. The fourth-order valence-corrected chi connectivity index (χ4v) is 3.61. The summed E-state index contributed by atoms with van der Waals surface area (Å²) in [7, 11) is 1.55. The summed E-state index contributed by atoms with van der Waals surface area (Å²) < 4.78 is 11.2. The summed E-state index contributed by atoms with van der Waals surface area (Å²) in [5.74, 6) is 0.948. The van der Waals surface area contributed by atoms with Crippen LogP contribution in [0.5, 0.6) is 11.5 Å². The highest BCUT2D eigenvalue weighted by atomic mass is 35.5. The Labute approximate surface area is 183 Å². The molecule has 0 unspecified atom stereocenters. The predicted molar refractivity (Wildman–Crippen MR) is 116 cm³/mol. The Morgan fingerprint density at radius 2 is 1.97 bits per heavy atom. The quantitative estimate of drug-likeness (QED) is 0.441. The molecule has 152 valence electrons. The van der Waals surface area contributed by atoms with Crippen molar-refractivity contribution in [3.63, 3.8) is 0 Å². The van der Waals surface area contributed by atoms with Crippen LogP contribution in [0.25, 0.3) is 0 Å². The molecule has 0 spiro atoms. The second-order valence-electron chi connectivity index (χ2n) is 6.20. The Morgan fingerprint density at radius 3 is 2.62 bits per heavy atom. The second-order valence-corrected chi connectivity index (χ2v) is 7.73. The molecule has 0 saturated heterocycles. The molecule has 0 bridgehead atoms. The second kappa shape index (κ2) is 9.96. The molecule has 5 nitrogen and oxygen atoms in total. The third-order valence-corrected chi connectivity index (χ3v) is 5.67. The van der Waals surface area contributed by atoms with Crippen LogP contribution in [0.1, 0.15) is 28.5 Å². The number of methoxy groups -OCH3 is 1.